The highest BCUT2D eigenvalue weighted by molar-refractivity contribution is 7.07. The Hall–Kier alpha value is -2.38. The third-order valence-corrected chi connectivity index (χ3v) is 4.62. The lowest BCUT2D eigenvalue weighted by Gasteiger charge is -2.24. The molecule has 0 aliphatic rings. The zero-order valence-electron chi connectivity index (χ0n) is 13.6. The van der Waals surface area contributed by atoms with Crippen molar-refractivity contribution in [1.29, 1.82) is 0 Å². The van der Waals surface area contributed by atoms with Crippen LogP contribution in [0.15, 0.2) is 50.3 Å². The van der Waals surface area contributed by atoms with Crippen LogP contribution in [0.5, 0.6) is 0 Å². The first-order valence-electron chi connectivity index (χ1n) is 7.60. The fourth-order valence-corrected chi connectivity index (χ4v) is 3.34. The molecule has 0 saturated heterocycles. The summed E-state index contributed by atoms with van der Waals surface area (Å²) in [6.07, 6.45) is 0. The number of hydrogen-bond acceptors (Lipinski definition) is 5. The van der Waals surface area contributed by atoms with E-state index in [1.165, 1.54) is 4.57 Å². The van der Waals surface area contributed by atoms with Gasteiger partial charge in [0.15, 0.2) is 5.58 Å². The Bertz CT molecular complexity index is 880. The number of likely N-dealkylation sites (N-methyl/N-ethyl adjacent to an activating group) is 1. The van der Waals surface area contributed by atoms with E-state index in [4.69, 9.17) is 4.42 Å². The van der Waals surface area contributed by atoms with Gasteiger partial charge in [0.1, 0.15) is 6.54 Å². The Kier molecular flexibility index (Phi) is 4.82. The molecule has 0 radical (unpaired) electrons. The van der Waals surface area contributed by atoms with Crippen molar-refractivity contribution in [2.75, 3.05) is 20.6 Å². The van der Waals surface area contributed by atoms with Gasteiger partial charge < -0.3 is 14.6 Å². The van der Waals surface area contributed by atoms with Crippen LogP contribution in [-0.2, 0) is 11.3 Å². The minimum absolute atomic E-state index is 0.0559. The quantitative estimate of drug-likeness (QED) is 0.743. The van der Waals surface area contributed by atoms with Crippen molar-refractivity contribution in [3.63, 3.8) is 0 Å². The number of rotatable bonds is 6. The molecule has 2 heterocycles. The number of oxazole rings is 1. The molecule has 7 heteroatoms. The minimum Gasteiger partial charge on any atom is -0.408 e. The molecule has 3 aromatic rings. The van der Waals surface area contributed by atoms with E-state index in [1.54, 1.807) is 29.5 Å². The largest absolute Gasteiger partial charge is 0.420 e. The second-order valence-corrected chi connectivity index (χ2v) is 6.54. The lowest BCUT2D eigenvalue weighted by molar-refractivity contribution is -0.121. The molecule has 24 heavy (non-hydrogen) atoms. The van der Waals surface area contributed by atoms with Gasteiger partial charge in [-0.2, -0.15) is 11.3 Å². The number of benzene rings is 1. The Morgan fingerprint density at radius 3 is 2.83 bits per heavy atom. The van der Waals surface area contributed by atoms with Gasteiger partial charge in [-0.3, -0.25) is 9.36 Å². The first-order valence-corrected chi connectivity index (χ1v) is 8.54. The molecular weight excluding hydrogens is 326 g/mol. The fraction of sp³-hybridized carbons (Fsp3) is 0.294. The van der Waals surface area contributed by atoms with Crippen LogP contribution in [0.2, 0.25) is 0 Å². The fourth-order valence-electron chi connectivity index (χ4n) is 2.64. The zero-order chi connectivity index (χ0) is 17.1. The van der Waals surface area contributed by atoms with Crippen LogP contribution < -0.4 is 11.1 Å². The van der Waals surface area contributed by atoms with Gasteiger partial charge in [0.25, 0.3) is 0 Å². The second-order valence-electron chi connectivity index (χ2n) is 5.76. The van der Waals surface area contributed by atoms with E-state index >= 15 is 0 Å². The summed E-state index contributed by atoms with van der Waals surface area (Å²) >= 11 is 1.63. The lowest BCUT2D eigenvalue weighted by Crippen LogP contribution is -2.37. The van der Waals surface area contributed by atoms with E-state index < -0.39 is 5.76 Å². The first-order chi connectivity index (χ1) is 11.6. The van der Waals surface area contributed by atoms with Crippen LogP contribution in [0.25, 0.3) is 11.1 Å². The van der Waals surface area contributed by atoms with Gasteiger partial charge in [-0.1, -0.05) is 12.1 Å². The summed E-state index contributed by atoms with van der Waals surface area (Å²) in [5.41, 5.74) is 2.27. The molecule has 0 aliphatic heterocycles. The number of hydrogen-bond donors (Lipinski definition) is 1. The summed E-state index contributed by atoms with van der Waals surface area (Å²) in [6, 6.07) is 9.22. The number of thiophene rings is 1. The Morgan fingerprint density at radius 1 is 1.33 bits per heavy atom. The van der Waals surface area contributed by atoms with Gasteiger partial charge in [-0.15, -0.1) is 0 Å². The SMILES string of the molecule is CN(C)[C@H](CNC(=O)Cn1c(=O)oc2ccccc21)c1ccsc1. The monoisotopic (exact) mass is 345 g/mol. The van der Waals surface area contributed by atoms with Crippen molar-refractivity contribution in [2.24, 2.45) is 0 Å². The number of fused-ring (bicyclic) bond motifs is 1. The molecule has 0 spiro atoms. The molecule has 126 valence electrons. The van der Waals surface area contributed by atoms with Crippen molar-refractivity contribution < 1.29 is 9.21 Å². The number of carbonyl (C=O) groups is 1. The standard InChI is InChI=1S/C17H19N3O3S/c1-19(2)14(12-7-8-24-11-12)9-18-16(21)10-20-13-5-3-4-6-15(13)23-17(20)22/h3-8,11,14H,9-10H2,1-2H3,(H,18,21)/t14-/m1/s1. The highest BCUT2D eigenvalue weighted by atomic mass is 32.1. The summed E-state index contributed by atoms with van der Waals surface area (Å²) in [5.74, 6) is -0.737. The molecule has 0 bridgehead atoms. The van der Waals surface area contributed by atoms with E-state index in [-0.39, 0.29) is 18.5 Å². The van der Waals surface area contributed by atoms with Crippen LogP contribution in [0.3, 0.4) is 0 Å². The molecule has 1 atom stereocenters. The third kappa shape index (κ3) is 3.42. The molecule has 0 saturated carbocycles. The zero-order valence-corrected chi connectivity index (χ0v) is 14.4. The normalized spacial score (nSPS) is 12.6. The van der Waals surface area contributed by atoms with E-state index in [2.05, 4.69) is 21.7 Å². The highest BCUT2D eigenvalue weighted by Crippen LogP contribution is 2.20. The van der Waals surface area contributed by atoms with E-state index in [0.29, 0.717) is 17.6 Å². The maximum absolute atomic E-state index is 12.3. The second kappa shape index (κ2) is 7.02. The molecular formula is C17H19N3O3S. The molecule has 1 amide bonds. The van der Waals surface area contributed by atoms with Crippen molar-refractivity contribution >= 4 is 28.3 Å². The van der Waals surface area contributed by atoms with Gasteiger partial charge in [-0.25, -0.2) is 4.79 Å². The number of nitrogens with zero attached hydrogens (tertiary/aromatic N) is 2. The minimum atomic E-state index is -0.520. The smallest absolute Gasteiger partial charge is 0.408 e. The number of carbonyl (C=O) groups excluding carboxylic acids is 1. The molecule has 0 aliphatic carbocycles. The van der Waals surface area contributed by atoms with Crippen molar-refractivity contribution in [2.45, 2.75) is 12.6 Å². The van der Waals surface area contributed by atoms with E-state index in [1.807, 2.05) is 25.5 Å². The van der Waals surface area contributed by atoms with Crippen LogP contribution in [0.4, 0.5) is 0 Å². The Morgan fingerprint density at radius 2 is 2.12 bits per heavy atom. The first kappa shape index (κ1) is 16.5. The van der Waals surface area contributed by atoms with Gasteiger partial charge in [0.05, 0.1) is 11.6 Å². The maximum atomic E-state index is 12.3. The highest BCUT2D eigenvalue weighted by Gasteiger charge is 2.17. The van der Waals surface area contributed by atoms with Gasteiger partial charge >= 0.3 is 5.76 Å². The van der Waals surface area contributed by atoms with Gasteiger partial charge in [0.2, 0.25) is 5.91 Å². The molecule has 0 unspecified atom stereocenters. The maximum Gasteiger partial charge on any atom is 0.420 e. The predicted molar refractivity (Wildman–Crippen MR) is 94.2 cm³/mol. The topological polar surface area (TPSA) is 67.5 Å². The third-order valence-electron chi connectivity index (χ3n) is 3.92. The van der Waals surface area contributed by atoms with Crippen LogP contribution in [-0.4, -0.2) is 36.0 Å². The van der Waals surface area contributed by atoms with Crippen molar-refractivity contribution in [3.05, 3.63) is 57.2 Å². The van der Waals surface area contributed by atoms with Gasteiger partial charge in [0, 0.05) is 6.54 Å². The van der Waals surface area contributed by atoms with E-state index in [9.17, 15) is 9.59 Å². The van der Waals surface area contributed by atoms with Crippen molar-refractivity contribution in [3.8, 4) is 0 Å². The van der Waals surface area contributed by atoms with E-state index in [0.717, 1.165) is 5.56 Å². The van der Waals surface area contributed by atoms with Crippen LogP contribution in [0.1, 0.15) is 11.6 Å². The number of nitrogens with one attached hydrogen (secondary N) is 1. The predicted octanol–water partition coefficient (Wildman–Crippen LogP) is 2.08. The average Bonchev–Trinajstić information content (AvgIpc) is 3.16. The molecule has 2 aromatic heterocycles. The Balaban J connectivity index is 1.69. The van der Waals surface area contributed by atoms with Crippen LogP contribution in [0, 0.1) is 0 Å². The summed E-state index contributed by atoms with van der Waals surface area (Å²) in [5, 5.41) is 7.00. The molecule has 3 rings (SSSR count). The summed E-state index contributed by atoms with van der Waals surface area (Å²) in [6.45, 7) is 0.423. The number of amides is 1. The average molecular weight is 345 g/mol. The van der Waals surface area contributed by atoms with Crippen molar-refractivity contribution in [1.82, 2.24) is 14.8 Å². The molecule has 0 fully saturated rings. The van der Waals surface area contributed by atoms with Crippen LogP contribution >= 0.6 is 11.3 Å². The number of para-hydroxylation sites is 2. The van der Waals surface area contributed by atoms with Gasteiger partial charge in [-0.05, 0) is 48.6 Å². The lowest BCUT2D eigenvalue weighted by atomic mass is 10.1. The summed E-state index contributed by atoms with van der Waals surface area (Å²) in [7, 11) is 3.95. The molecule has 1 aromatic carbocycles. The molecule has 1 N–H and O–H groups in total. The number of aromatic nitrogens is 1. The molecule has 6 nitrogen and oxygen atoms in total. The Labute approximate surface area is 143 Å². The summed E-state index contributed by atoms with van der Waals surface area (Å²) in [4.78, 5) is 26.2. The summed E-state index contributed by atoms with van der Waals surface area (Å²) < 4.78 is 6.49.